The predicted molar refractivity (Wildman–Crippen MR) is 89.5 cm³/mol. The Kier molecular flexibility index (Phi) is 5.65. The van der Waals surface area contributed by atoms with E-state index in [-0.39, 0.29) is 18.4 Å². The summed E-state index contributed by atoms with van der Waals surface area (Å²) in [5.74, 6) is -0.647. The summed E-state index contributed by atoms with van der Waals surface area (Å²) in [5, 5.41) is 9.52. The van der Waals surface area contributed by atoms with Crippen LogP contribution >= 0.6 is 12.4 Å². The number of hydrogen-bond acceptors (Lipinski definition) is 3. The molecular weight excluding hydrogens is 316 g/mol. The monoisotopic (exact) mass is 338 g/mol. The summed E-state index contributed by atoms with van der Waals surface area (Å²) in [5.41, 5.74) is 6.76. The van der Waals surface area contributed by atoms with Crippen molar-refractivity contribution >= 4 is 24.3 Å². The molecule has 3 rings (SSSR count). The molecule has 1 amide bonds. The quantitative estimate of drug-likeness (QED) is 0.883. The van der Waals surface area contributed by atoms with Crippen LogP contribution in [-0.2, 0) is 11.3 Å². The minimum atomic E-state index is -0.719. The number of carboxylic acids is 1. The molecule has 1 aromatic rings. The summed E-state index contributed by atoms with van der Waals surface area (Å²) >= 11 is 0. The first kappa shape index (κ1) is 17.8. The first-order valence-electron chi connectivity index (χ1n) is 7.93. The van der Waals surface area contributed by atoms with Crippen molar-refractivity contribution in [1.82, 2.24) is 4.90 Å². The Morgan fingerprint density at radius 2 is 1.83 bits per heavy atom. The number of primary amides is 1. The van der Waals surface area contributed by atoms with Gasteiger partial charge in [0.25, 0.3) is 0 Å². The highest BCUT2D eigenvalue weighted by Gasteiger charge is 2.44. The highest BCUT2D eigenvalue weighted by Crippen LogP contribution is 2.40. The Labute approximate surface area is 142 Å². The van der Waals surface area contributed by atoms with Crippen LogP contribution in [0.2, 0.25) is 0 Å². The van der Waals surface area contributed by atoms with E-state index in [0.717, 1.165) is 24.8 Å². The molecule has 2 aliphatic rings. The van der Waals surface area contributed by atoms with Crippen LogP contribution in [0.25, 0.3) is 0 Å². The fourth-order valence-electron chi connectivity index (χ4n) is 4.01. The zero-order valence-electron chi connectivity index (χ0n) is 13.0. The van der Waals surface area contributed by atoms with Gasteiger partial charge in [0.2, 0.25) is 5.91 Å². The lowest BCUT2D eigenvalue weighted by Crippen LogP contribution is -2.41. The molecule has 23 heavy (non-hydrogen) atoms. The van der Waals surface area contributed by atoms with Crippen LogP contribution in [0, 0.1) is 5.92 Å². The lowest BCUT2D eigenvalue weighted by atomic mass is 9.84. The number of amides is 1. The van der Waals surface area contributed by atoms with Crippen molar-refractivity contribution in [2.24, 2.45) is 11.7 Å². The van der Waals surface area contributed by atoms with Crippen LogP contribution < -0.4 is 5.73 Å². The summed E-state index contributed by atoms with van der Waals surface area (Å²) < 4.78 is 0. The lowest BCUT2D eigenvalue weighted by Gasteiger charge is -2.33. The van der Waals surface area contributed by atoms with Crippen molar-refractivity contribution in [3.63, 3.8) is 0 Å². The number of hydrogen-bond donors (Lipinski definition) is 2. The average Bonchev–Trinajstić information content (AvgIpc) is 2.87. The van der Waals surface area contributed by atoms with Gasteiger partial charge in [-0.05, 0) is 42.9 Å². The van der Waals surface area contributed by atoms with Gasteiger partial charge in [0.05, 0.1) is 0 Å². The number of carbonyl (C=O) groups excluding carboxylic acids is 1. The maximum atomic E-state index is 11.6. The van der Waals surface area contributed by atoms with E-state index in [1.807, 2.05) is 12.1 Å². The highest BCUT2D eigenvalue weighted by molar-refractivity contribution is 5.92. The van der Waals surface area contributed by atoms with Gasteiger partial charge in [-0.15, -0.1) is 12.4 Å². The molecule has 1 aliphatic carbocycles. The summed E-state index contributed by atoms with van der Waals surface area (Å²) in [6.45, 7) is 0.622. The molecule has 0 spiro atoms. The minimum Gasteiger partial charge on any atom is -0.480 e. The third-order valence-electron chi connectivity index (χ3n) is 5.11. The molecule has 0 radical (unpaired) electrons. The van der Waals surface area contributed by atoms with Gasteiger partial charge in [-0.3, -0.25) is 14.5 Å². The predicted octanol–water partition coefficient (Wildman–Crippen LogP) is 2.43. The number of halogens is 1. The van der Waals surface area contributed by atoms with Crippen molar-refractivity contribution in [2.45, 2.75) is 50.7 Å². The van der Waals surface area contributed by atoms with E-state index in [9.17, 15) is 14.7 Å². The largest absolute Gasteiger partial charge is 0.480 e. The second-order valence-corrected chi connectivity index (χ2v) is 6.44. The van der Waals surface area contributed by atoms with Gasteiger partial charge >= 0.3 is 5.97 Å². The molecule has 1 saturated carbocycles. The summed E-state index contributed by atoms with van der Waals surface area (Å²) in [7, 11) is 0. The molecule has 3 unspecified atom stereocenters. The topological polar surface area (TPSA) is 83.6 Å². The van der Waals surface area contributed by atoms with Gasteiger partial charge in [0, 0.05) is 18.2 Å². The molecule has 1 heterocycles. The maximum absolute atomic E-state index is 11.6. The molecule has 2 fully saturated rings. The van der Waals surface area contributed by atoms with Gasteiger partial charge < -0.3 is 10.8 Å². The lowest BCUT2D eigenvalue weighted by molar-refractivity contribution is -0.142. The fraction of sp³-hybridized carbons (Fsp3) is 0.529. The number of rotatable bonds is 4. The van der Waals surface area contributed by atoms with E-state index in [2.05, 4.69) is 4.90 Å². The molecule has 6 heteroatoms. The molecule has 3 N–H and O–H groups in total. The van der Waals surface area contributed by atoms with Crippen LogP contribution in [0.3, 0.4) is 0 Å². The third-order valence-corrected chi connectivity index (χ3v) is 5.11. The number of likely N-dealkylation sites (tertiary alicyclic amines) is 1. The standard InChI is InChI=1S/C17H22N2O3.ClH/c18-16(20)12-7-5-11(6-8-12)10-19-14-4-2-1-3-13(14)9-15(19)17(21)22;/h5-8,13-15H,1-4,9-10H2,(H2,18,20)(H,21,22);1H. The van der Waals surface area contributed by atoms with Crippen LogP contribution in [0.15, 0.2) is 24.3 Å². The minimum absolute atomic E-state index is 0. The Morgan fingerprint density at radius 1 is 1.17 bits per heavy atom. The van der Waals surface area contributed by atoms with Gasteiger partial charge in [0.1, 0.15) is 6.04 Å². The van der Waals surface area contributed by atoms with Gasteiger partial charge in [-0.1, -0.05) is 25.0 Å². The zero-order chi connectivity index (χ0) is 15.7. The van der Waals surface area contributed by atoms with E-state index >= 15 is 0 Å². The van der Waals surface area contributed by atoms with Crippen molar-refractivity contribution in [3.8, 4) is 0 Å². The van der Waals surface area contributed by atoms with Crippen LogP contribution in [0.1, 0.15) is 48.0 Å². The maximum Gasteiger partial charge on any atom is 0.320 e. The van der Waals surface area contributed by atoms with E-state index in [4.69, 9.17) is 5.73 Å². The molecule has 126 valence electrons. The van der Waals surface area contributed by atoms with Gasteiger partial charge in [0.15, 0.2) is 0 Å². The van der Waals surface area contributed by atoms with Gasteiger partial charge in [-0.25, -0.2) is 0 Å². The third kappa shape index (κ3) is 3.67. The van der Waals surface area contributed by atoms with Crippen LogP contribution in [0.5, 0.6) is 0 Å². The van der Waals surface area contributed by atoms with E-state index in [1.54, 1.807) is 12.1 Å². The van der Waals surface area contributed by atoms with Crippen molar-refractivity contribution in [3.05, 3.63) is 35.4 Å². The Hall–Kier alpha value is -1.59. The molecule has 0 aromatic heterocycles. The summed E-state index contributed by atoms with van der Waals surface area (Å²) in [6.07, 6.45) is 5.40. The van der Waals surface area contributed by atoms with Crippen molar-refractivity contribution < 1.29 is 14.7 Å². The molecule has 5 nitrogen and oxygen atoms in total. The normalized spacial score (nSPS) is 27.0. The second kappa shape index (κ2) is 7.32. The highest BCUT2D eigenvalue weighted by atomic mass is 35.5. The molecule has 0 bridgehead atoms. The van der Waals surface area contributed by atoms with E-state index in [0.29, 0.717) is 24.1 Å². The number of nitrogens with zero attached hydrogens (tertiary/aromatic N) is 1. The number of carboxylic acid groups (broad SMARTS) is 1. The van der Waals surface area contributed by atoms with Crippen LogP contribution in [-0.4, -0.2) is 34.0 Å². The number of aliphatic carboxylic acids is 1. The molecule has 3 atom stereocenters. The molecule has 1 saturated heterocycles. The molecule has 1 aromatic carbocycles. The fourth-order valence-corrected chi connectivity index (χ4v) is 4.01. The Morgan fingerprint density at radius 3 is 2.43 bits per heavy atom. The average molecular weight is 339 g/mol. The number of nitrogens with two attached hydrogens (primary N) is 1. The number of fused-ring (bicyclic) bond motifs is 1. The van der Waals surface area contributed by atoms with E-state index < -0.39 is 11.9 Å². The van der Waals surface area contributed by atoms with Crippen molar-refractivity contribution in [1.29, 1.82) is 0 Å². The number of carbonyl (C=O) groups is 2. The van der Waals surface area contributed by atoms with Crippen LogP contribution in [0.4, 0.5) is 0 Å². The first-order chi connectivity index (χ1) is 10.6. The van der Waals surface area contributed by atoms with Gasteiger partial charge in [-0.2, -0.15) is 0 Å². The summed E-state index contributed by atoms with van der Waals surface area (Å²) in [4.78, 5) is 24.9. The smallest absolute Gasteiger partial charge is 0.320 e. The molecular formula is C17H23ClN2O3. The van der Waals surface area contributed by atoms with Crippen molar-refractivity contribution in [2.75, 3.05) is 0 Å². The number of benzene rings is 1. The zero-order valence-corrected chi connectivity index (χ0v) is 13.8. The first-order valence-corrected chi connectivity index (χ1v) is 7.93. The SMILES string of the molecule is Cl.NC(=O)c1ccc(CN2C(C(=O)O)CC3CCCCC32)cc1. The van der Waals surface area contributed by atoms with E-state index in [1.165, 1.54) is 12.8 Å². The summed E-state index contributed by atoms with van der Waals surface area (Å²) in [6, 6.07) is 7.16. The second-order valence-electron chi connectivity index (χ2n) is 6.44. The Bertz CT molecular complexity index is 576. The Balaban J connectivity index is 0.00000192. The molecule has 1 aliphatic heterocycles.